The number of carbonyl (C=O) groups excluding carboxylic acids is 4. The first-order chi connectivity index (χ1) is 27.8. The Labute approximate surface area is 370 Å². The standard InChI is InChI=1S/C17H17N3O5S.C8H11N3O3S.C8H8O2.C3H6O2.CH3O.Na/c1-11(21)18-13-7-8-20(17(23)19-13)14-9-24-15(26-14)10-25-16(22)12-5-3-2-4-6-12;9-5-1-2-11(8(13)10-5)6-4-14-7(3-12)15-6;1-10-8(9)7-5-3-2-4-6-7;1-3(4)5-2;1-2;/h2-8,14-15H,9-10H2,1H3,(H,18,19,21,23);1-2,6-7,12H,3-4H2,(H2,9,10,13);2-6H,1H3;1-2H3;1H3;/q;;;;-1;+1/p+1. The minimum absolute atomic E-state index is 0. The van der Waals surface area contributed by atoms with Gasteiger partial charge in [0.05, 0.1) is 45.2 Å². The fourth-order valence-electron chi connectivity index (χ4n) is 4.43. The molecular formula is C37H46N6NaO13S2+. The molecule has 4 heterocycles. The Morgan fingerprint density at radius 2 is 1.49 bits per heavy atom. The van der Waals surface area contributed by atoms with Gasteiger partial charge in [-0.15, -0.1) is 11.8 Å². The van der Waals surface area contributed by atoms with Crippen LogP contribution in [0.15, 0.2) is 94.8 Å². The second-order valence-corrected chi connectivity index (χ2v) is 13.9. The van der Waals surface area contributed by atoms with Crippen molar-refractivity contribution in [2.24, 2.45) is 0 Å². The van der Waals surface area contributed by atoms with E-state index in [2.05, 4.69) is 24.8 Å². The Bertz CT molecular complexity index is 2010. The van der Waals surface area contributed by atoms with Crippen LogP contribution in [0.25, 0.3) is 0 Å². The summed E-state index contributed by atoms with van der Waals surface area (Å²) in [5.74, 6) is -0.679. The number of aliphatic hydroxyl groups excluding tert-OH is 1. The van der Waals surface area contributed by atoms with Gasteiger partial charge in [0.25, 0.3) is 0 Å². The SMILES string of the molecule is CC(=O)Nc1cc[n+](C2COC(COC(=O)c3ccccc3)S2)c(=O)[nH]1.COC(=O)c1ccccc1.COC(C)=O.C[O-].Nc1ccn(C2COC(CO)S2)c(=O)n1.[Na+]. The van der Waals surface area contributed by atoms with E-state index in [0.717, 1.165) is 7.11 Å². The van der Waals surface area contributed by atoms with Crippen LogP contribution in [-0.4, -0.2) is 102 Å². The van der Waals surface area contributed by atoms with Crippen molar-refractivity contribution >= 4 is 59.0 Å². The van der Waals surface area contributed by atoms with E-state index in [0.29, 0.717) is 30.2 Å². The zero-order chi connectivity index (χ0) is 43.0. The normalized spacial score (nSPS) is 17.1. The van der Waals surface area contributed by atoms with Gasteiger partial charge in [0.1, 0.15) is 34.9 Å². The van der Waals surface area contributed by atoms with Crippen molar-refractivity contribution in [3.63, 3.8) is 0 Å². The number of thioether (sulfide) groups is 2. The minimum atomic E-state index is -0.414. The van der Waals surface area contributed by atoms with Gasteiger partial charge in [-0.3, -0.25) is 19.5 Å². The number of benzene rings is 2. The summed E-state index contributed by atoms with van der Waals surface area (Å²) >= 11 is 2.78. The van der Waals surface area contributed by atoms with Gasteiger partial charge in [0, 0.05) is 26.1 Å². The minimum Gasteiger partial charge on any atom is -0.857 e. The van der Waals surface area contributed by atoms with E-state index in [4.69, 9.17) is 30.2 Å². The summed E-state index contributed by atoms with van der Waals surface area (Å²) in [5.41, 5.74) is 5.07. The van der Waals surface area contributed by atoms with Gasteiger partial charge >= 0.3 is 58.8 Å². The number of hydrogen-bond donors (Lipinski definition) is 4. The number of aliphatic hydroxyl groups is 1. The summed E-state index contributed by atoms with van der Waals surface area (Å²) in [5, 5.41) is 19.3. The van der Waals surface area contributed by atoms with E-state index >= 15 is 0 Å². The molecule has 0 radical (unpaired) electrons. The first-order valence-electron chi connectivity index (χ1n) is 17.1. The second kappa shape index (κ2) is 28.8. The van der Waals surface area contributed by atoms with Crippen molar-refractivity contribution < 1.29 is 87.2 Å². The van der Waals surface area contributed by atoms with Crippen molar-refractivity contribution in [2.45, 2.75) is 35.5 Å². The number of H-pyrrole nitrogens is 1. The monoisotopic (exact) mass is 869 g/mol. The number of amides is 1. The number of nitrogens with zero attached hydrogens (tertiary/aromatic N) is 3. The van der Waals surface area contributed by atoms with Gasteiger partial charge in [-0.2, -0.15) is 26.4 Å². The molecule has 59 heavy (non-hydrogen) atoms. The number of nitrogens with one attached hydrogen (secondary N) is 2. The Morgan fingerprint density at radius 3 is 1.98 bits per heavy atom. The molecule has 0 bridgehead atoms. The zero-order valence-electron chi connectivity index (χ0n) is 33.3. The topological polar surface area (TPSA) is 267 Å². The van der Waals surface area contributed by atoms with Crippen molar-refractivity contribution in [2.75, 3.05) is 58.8 Å². The van der Waals surface area contributed by atoms with Crippen LogP contribution in [0.5, 0.6) is 0 Å². The Hall–Kier alpha value is -4.58. The van der Waals surface area contributed by atoms with Crippen LogP contribution in [-0.2, 0) is 33.3 Å². The molecule has 2 aliphatic rings. The predicted molar refractivity (Wildman–Crippen MR) is 212 cm³/mol. The maximum absolute atomic E-state index is 12.2. The van der Waals surface area contributed by atoms with Crippen LogP contribution >= 0.6 is 23.5 Å². The van der Waals surface area contributed by atoms with Crippen molar-refractivity contribution in [3.05, 3.63) is 117 Å². The quantitative estimate of drug-likeness (QED) is 0.0652. The van der Waals surface area contributed by atoms with Gasteiger partial charge in [0.15, 0.2) is 5.37 Å². The average Bonchev–Trinajstić information content (AvgIpc) is 3.92. The molecule has 0 spiro atoms. The molecule has 19 nitrogen and oxygen atoms in total. The average molecular weight is 870 g/mol. The Balaban J connectivity index is 0.000000445. The van der Waals surface area contributed by atoms with Gasteiger partial charge in [0.2, 0.25) is 11.7 Å². The van der Waals surface area contributed by atoms with Gasteiger partial charge < -0.3 is 39.6 Å². The molecule has 314 valence electrons. The summed E-state index contributed by atoms with van der Waals surface area (Å²) in [6, 6.07) is 20.8. The van der Waals surface area contributed by atoms with Crippen molar-refractivity contribution in [3.8, 4) is 0 Å². The van der Waals surface area contributed by atoms with Crippen LogP contribution in [0.2, 0.25) is 0 Å². The molecule has 2 aromatic heterocycles. The third-order valence-corrected chi connectivity index (χ3v) is 9.64. The number of methoxy groups -OCH3 is 2. The molecule has 5 N–H and O–H groups in total. The third kappa shape index (κ3) is 18.9. The molecular weight excluding hydrogens is 824 g/mol. The maximum atomic E-state index is 12.2. The van der Waals surface area contributed by atoms with E-state index in [1.165, 1.54) is 60.7 Å². The van der Waals surface area contributed by atoms with E-state index < -0.39 is 11.7 Å². The third-order valence-electron chi connectivity index (χ3n) is 7.12. The Morgan fingerprint density at radius 1 is 0.915 bits per heavy atom. The molecule has 2 saturated heterocycles. The van der Waals surface area contributed by atoms with Gasteiger partial charge in [-0.1, -0.05) is 48.2 Å². The molecule has 2 aliphatic heterocycles. The largest absolute Gasteiger partial charge is 1.00 e. The fraction of sp³-hybridized carbons (Fsp3) is 0.351. The first kappa shape index (κ1) is 52.4. The number of nitrogens with two attached hydrogens (primary N) is 1. The van der Waals surface area contributed by atoms with E-state index in [1.807, 2.05) is 12.1 Å². The molecule has 1 amide bonds. The smallest absolute Gasteiger partial charge is 0.857 e. The Kier molecular flexibility index (Phi) is 25.6. The summed E-state index contributed by atoms with van der Waals surface area (Å²) in [7, 11) is 3.47. The number of ether oxygens (including phenoxy) is 5. The zero-order valence-corrected chi connectivity index (χ0v) is 36.9. The van der Waals surface area contributed by atoms with Crippen molar-refractivity contribution in [1.29, 1.82) is 0 Å². The number of rotatable bonds is 8. The summed E-state index contributed by atoms with van der Waals surface area (Å²) in [6.07, 6.45) is 3.18. The first-order valence-corrected chi connectivity index (χ1v) is 19.0. The number of aromatic amines is 1. The second-order valence-electron chi connectivity index (χ2n) is 11.2. The van der Waals surface area contributed by atoms with Crippen LogP contribution in [0.4, 0.5) is 11.6 Å². The molecule has 4 unspecified atom stereocenters. The number of esters is 3. The molecule has 2 aromatic carbocycles. The molecule has 6 rings (SSSR count). The fourth-order valence-corrected chi connectivity index (χ4v) is 6.58. The number of hydrogen-bond acceptors (Lipinski definition) is 17. The van der Waals surface area contributed by atoms with Gasteiger partial charge in [-0.05, 0) is 30.3 Å². The molecule has 4 atom stereocenters. The predicted octanol–water partition coefficient (Wildman–Crippen LogP) is -1.90. The number of carbonyl (C=O) groups is 4. The molecule has 22 heteroatoms. The molecule has 0 aliphatic carbocycles. The van der Waals surface area contributed by atoms with Gasteiger partial charge in [-0.25, -0.2) is 14.4 Å². The van der Waals surface area contributed by atoms with E-state index in [-0.39, 0.29) is 93.7 Å². The number of aromatic nitrogens is 4. The van der Waals surface area contributed by atoms with Crippen LogP contribution in [0.1, 0.15) is 45.3 Å². The number of nitrogen functional groups attached to an aromatic ring is 1. The summed E-state index contributed by atoms with van der Waals surface area (Å²) in [4.78, 5) is 73.2. The van der Waals surface area contributed by atoms with Crippen LogP contribution < -0.4 is 61.7 Å². The van der Waals surface area contributed by atoms with Crippen molar-refractivity contribution in [1.82, 2.24) is 14.5 Å². The van der Waals surface area contributed by atoms with Crippen LogP contribution in [0.3, 0.4) is 0 Å². The molecule has 0 saturated carbocycles. The summed E-state index contributed by atoms with van der Waals surface area (Å²) < 4.78 is 27.7. The van der Waals surface area contributed by atoms with E-state index in [1.54, 1.807) is 73.1 Å². The molecule has 4 aromatic rings. The van der Waals surface area contributed by atoms with E-state index in [9.17, 15) is 28.8 Å². The molecule has 2 fully saturated rings. The summed E-state index contributed by atoms with van der Waals surface area (Å²) in [6.45, 7) is 3.46. The maximum Gasteiger partial charge on any atom is 1.00 e. The number of anilines is 2. The van der Waals surface area contributed by atoms with Crippen LogP contribution in [0, 0.1) is 0 Å².